The fraction of sp³-hybridized carbons (Fsp3) is 0. The number of carbonyl (C=O) groups is 1. The molecule has 2 aromatic heterocycles. The van der Waals surface area contributed by atoms with Crippen LogP contribution in [0.3, 0.4) is 0 Å². The molecule has 2 aromatic carbocycles. The van der Waals surface area contributed by atoms with Crippen molar-refractivity contribution in [2.24, 2.45) is 0 Å². The van der Waals surface area contributed by atoms with E-state index in [9.17, 15) is 4.79 Å². The van der Waals surface area contributed by atoms with E-state index in [2.05, 4.69) is 32.3 Å². The monoisotopic (exact) mass is 391 g/mol. The van der Waals surface area contributed by atoms with E-state index in [-0.39, 0.29) is 5.91 Å². The van der Waals surface area contributed by atoms with Gasteiger partial charge in [0.1, 0.15) is 0 Å². The molecule has 0 unspecified atom stereocenters. The van der Waals surface area contributed by atoms with Gasteiger partial charge in [0.25, 0.3) is 5.91 Å². The van der Waals surface area contributed by atoms with Crippen LogP contribution in [-0.4, -0.2) is 15.3 Å². The van der Waals surface area contributed by atoms with Gasteiger partial charge in [-0.05, 0) is 57.9 Å². The summed E-state index contributed by atoms with van der Waals surface area (Å²) in [5.74, 6) is -0.124. The van der Waals surface area contributed by atoms with Crippen LogP contribution in [0, 0.1) is 0 Å². The van der Waals surface area contributed by atoms with Gasteiger partial charge in [-0.1, -0.05) is 30.3 Å². The second-order valence-electron chi connectivity index (χ2n) is 5.61. The number of halogens is 1. The van der Waals surface area contributed by atoms with E-state index in [0.717, 1.165) is 26.9 Å². The molecule has 0 saturated heterocycles. The SMILES string of the molecule is O=C(Nc1ccccc1)c1ccc(-c2cc(Br)c3ccncn23)cc1. The molecule has 5 heteroatoms. The number of nitrogens with zero attached hydrogens (tertiary/aromatic N) is 2. The third-order valence-corrected chi connectivity index (χ3v) is 4.64. The Hall–Kier alpha value is -2.92. The van der Waals surface area contributed by atoms with Crippen molar-refractivity contribution in [2.45, 2.75) is 0 Å². The van der Waals surface area contributed by atoms with E-state index >= 15 is 0 Å². The molecule has 1 N–H and O–H groups in total. The number of amides is 1. The summed E-state index contributed by atoms with van der Waals surface area (Å²) in [6.45, 7) is 0. The quantitative estimate of drug-likeness (QED) is 0.533. The summed E-state index contributed by atoms with van der Waals surface area (Å²) < 4.78 is 3.03. The average Bonchev–Trinajstić information content (AvgIpc) is 3.00. The predicted octanol–water partition coefficient (Wildman–Crippen LogP) is 5.02. The molecule has 0 aliphatic rings. The van der Waals surface area contributed by atoms with Gasteiger partial charge in [0.05, 0.1) is 17.5 Å². The zero-order valence-electron chi connectivity index (χ0n) is 13.2. The molecule has 4 rings (SSSR count). The van der Waals surface area contributed by atoms with E-state index in [1.165, 1.54) is 0 Å². The van der Waals surface area contributed by atoms with Gasteiger partial charge in [0, 0.05) is 21.9 Å². The lowest BCUT2D eigenvalue weighted by Gasteiger charge is -2.06. The molecule has 4 aromatic rings. The van der Waals surface area contributed by atoms with E-state index in [0.29, 0.717) is 5.56 Å². The Morgan fingerprint density at radius 1 is 1.00 bits per heavy atom. The first-order valence-corrected chi connectivity index (χ1v) is 8.59. The number of hydrogen-bond acceptors (Lipinski definition) is 2. The number of benzene rings is 2. The molecule has 0 aliphatic carbocycles. The maximum atomic E-state index is 12.3. The lowest BCUT2D eigenvalue weighted by Crippen LogP contribution is -2.11. The summed E-state index contributed by atoms with van der Waals surface area (Å²) in [5, 5.41) is 2.89. The molecule has 0 aliphatic heterocycles. The molecule has 25 heavy (non-hydrogen) atoms. The van der Waals surface area contributed by atoms with E-state index in [1.807, 2.05) is 65.1 Å². The molecule has 0 radical (unpaired) electrons. The Balaban J connectivity index is 1.62. The van der Waals surface area contributed by atoms with Crippen molar-refractivity contribution in [1.82, 2.24) is 9.38 Å². The van der Waals surface area contributed by atoms with E-state index in [1.54, 1.807) is 12.5 Å². The van der Waals surface area contributed by atoms with Gasteiger partial charge in [0.2, 0.25) is 0 Å². The Morgan fingerprint density at radius 2 is 1.76 bits per heavy atom. The van der Waals surface area contributed by atoms with E-state index < -0.39 is 0 Å². The first kappa shape index (κ1) is 15.6. The lowest BCUT2D eigenvalue weighted by atomic mass is 10.1. The minimum Gasteiger partial charge on any atom is -0.322 e. The van der Waals surface area contributed by atoms with Crippen molar-refractivity contribution < 1.29 is 4.79 Å². The van der Waals surface area contributed by atoms with Crippen LogP contribution in [0.5, 0.6) is 0 Å². The standard InChI is InChI=1S/C20H14BrN3O/c21-17-12-19(24-13-22-11-10-18(17)24)14-6-8-15(9-7-14)20(25)23-16-4-2-1-3-5-16/h1-13H,(H,23,25). The number of fused-ring (bicyclic) bond motifs is 1. The molecule has 0 spiro atoms. The molecule has 1 amide bonds. The highest BCUT2D eigenvalue weighted by atomic mass is 79.9. The maximum Gasteiger partial charge on any atom is 0.255 e. The Kier molecular flexibility index (Phi) is 4.07. The molecule has 0 fully saturated rings. The van der Waals surface area contributed by atoms with Gasteiger partial charge in [0.15, 0.2) is 0 Å². The second-order valence-corrected chi connectivity index (χ2v) is 6.46. The van der Waals surface area contributed by atoms with Crippen LogP contribution in [0.15, 0.2) is 83.7 Å². The maximum absolute atomic E-state index is 12.3. The highest BCUT2D eigenvalue weighted by molar-refractivity contribution is 9.10. The average molecular weight is 392 g/mol. The van der Waals surface area contributed by atoms with Crippen LogP contribution in [0.2, 0.25) is 0 Å². The van der Waals surface area contributed by atoms with Crippen LogP contribution in [-0.2, 0) is 0 Å². The van der Waals surface area contributed by atoms with Crippen molar-refractivity contribution in [3.8, 4) is 11.3 Å². The molecule has 2 heterocycles. The van der Waals surface area contributed by atoms with Crippen molar-refractivity contribution in [3.05, 3.63) is 89.3 Å². The molecular weight excluding hydrogens is 378 g/mol. The van der Waals surface area contributed by atoms with Crippen molar-refractivity contribution in [1.29, 1.82) is 0 Å². The molecule has 122 valence electrons. The van der Waals surface area contributed by atoms with Crippen LogP contribution in [0.25, 0.3) is 16.8 Å². The first-order valence-electron chi connectivity index (χ1n) is 7.80. The zero-order valence-corrected chi connectivity index (χ0v) is 14.8. The Morgan fingerprint density at radius 3 is 2.52 bits per heavy atom. The molecule has 0 saturated carbocycles. The number of para-hydroxylation sites is 1. The Bertz CT molecular complexity index is 1040. The summed E-state index contributed by atoms with van der Waals surface area (Å²) in [4.78, 5) is 16.5. The molecular formula is C20H14BrN3O. The minimum atomic E-state index is -0.124. The predicted molar refractivity (Wildman–Crippen MR) is 103 cm³/mol. The van der Waals surface area contributed by atoms with Crippen molar-refractivity contribution in [2.75, 3.05) is 5.32 Å². The molecule has 0 bridgehead atoms. The topological polar surface area (TPSA) is 46.4 Å². The van der Waals surface area contributed by atoms with Gasteiger partial charge in [-0.25, -0.2) is 4.98 Å². The van der Waals surface area contributed by atoms with E-state index in [4.69, 9.17) is 0 Å². The van der Waals surface area contributed by atoms with Gasteiger partial charge >= 0.3 is 0 Å². The summed E-state index contributed by atoms with van der Waals surface area (Å²) in [6, 6.07) is 21.0. The second kappa shape index (κ2) is 6.53. The summed E-state index contributed by atoms with van der Waals surface area (Å²) in [7, 11) is 0. The van der Waals surface area contributed by atoms with Gasteiger partial charge in [-0.2, -0.15) is 0 Å². The third kappa shape index (κ3) is 3.06. The summed E-state index contributed by atoms with van der Waals surface area (Å²) in [6.07, 6.45) is 3.55. The van der Waals surface area contributed by atoms with Crippen molar-refractivity contribution >= 4 is 33.0 Å². The minimum absolute atomic E-state index is 0.124. The summed E-state index contributed by atoms with van der Waals surface area (Å²) >= 11 is 3.58. The van der Waals surface area contributed by atoms with Gasteiger partial charge < -0.3 is 5.32 Å². The lowest BCUT2D eigenvalue weighted by molar-refractivity contribution is 0.102. The highest BCUT2D eigenvalue weighted by Crippen LogP contribution is 2.29. The fourth-order valence-corrected chi connectivity index (χ4v) is 3.29. The first-order chi connectivity index (χ1) is 12.2. The van der Waals surface area contributed by atoms with Crippen LogP contribution < -0.4 is 5.32 Å². The van der Waals surface area contributed by atoms with Crippen LogP contribution in [0.4, 0.5) is 5.69 Å². The fourth-order valence-electron chi connectivity index (χ4n) is 2.75. The number of nitrogens with one attached hydrogen (secondary N) is 1. The van der Waals surface area contributed by atoms with Crippen molar-refractivity contribution in [3.63, 3.8) is 0 Å². The normalized spacial score (nSPS) is 10.8. The smallest absolute Gasteiger partial charge is 0.255 e. The number of hydrogen-bond donors (Lipinski definition) is 1. The largest absolute Gasteiger partial charge is 0.322 e. The van der Waals surface area contributed by atoms with Gasteiger partial charge in [-0.3, -0.25) is 9.20 Å². The molecule has 4 nitrogen and oxygen atoms in total. The van der Waals surface area contributed by atoms with Crippen LogP contribution in [0.1, 0.15) is 10.4 Å². The highest BCUT2D eigenvalue weighted by Gasteiger charge is 2.10. The van der Waals surface area contributed by atoms with Crippen LogP contribution >= 0.6 is 15.9 Å². The number of rotatable bonds is 3. The molecule has 0 atom stereocenters. The zero-order chi connectivity index (χ0) is 17.2. The summed E-state index contributed by atoms with van der Waals surface area (Å²) in [5.41, 5.74) is 4.49. The number of anilines is 1. The Labute approximate surface area is 153 Å². The number of carbonyl (C=O) groups excluding carboxylic acids is 1. The number of aromatic nitrogens is 2. The third-order valence-electron chi connectivity index (χ3n) is 4.00. The van der Waals surface area contributed by atoms with Gasteiger partial charge in [-0.15, -0.1) is 0 Å².